The molecular formula is C19H22N6S. The molecule has 0 saturated heterocycles. The minimum atomic E-state index is 0.150. The van der Waals surface area contributed by atoms with Gasteiger partial charge in [-0.2, -0.15) is 0 Å². The van der Waals surface area contributed by atoms with Crippen LogP contribution in [0.2, 0.25) is 0 Å². The molecular weight excluding hydrogens is 344 g/mol. The average Bonchev–Trinajstić information content (AvgIpc) is 3.27. The number of anilines is 1. The highest BCUT2D eigenvalue weighted by Gasteiger charge is 2.23. The second kappa shape index (κ2) is 7.09. The molecule has 4 heterocycles. The molecule has 7 heteroatoms. The summed E-state index contributed by atoms with van der Waals surface area (Å²) < 4.78 is 0. The van der Waals surface area contributed by atoms with Gasteiger partial charge in [-0.25, -0.2) is 15.0 Å². The van der Waals surface area contributed by atoms with E-state index in [9.17, 15) is 0 Å². The largest absolute Gasteiger partial charge is 0.360 e. The highest BCUT2D eigenvalue weighted by molar-refractivity contribution is 7.11. The number of nitrogens with one attached hydrogen (secondary N) is 2. The van der Waals surface area contributed by atoms with E-state index in [2.05, 4.69) is 36.4 Å². The fraction of sp³-hybridized carbons (Fsp3) is 0.368. The molecule has 6 nitrogen and oxygen atoms in total. The van der Waals surface area contributed by atoms with Crippen LogP contribution in [0.15, 0.2) is 24.5 Å². The Bertz CT molecular complexity index is 902. The molecule has 0 fully saturated rings. The van der Waals surface area contributed by atoms with Crippen LogP contribution in [0.25, 0.3) is 11.4 Å². The summed E-state index contributed by atoms with van der Waals surface area (Å²) in [5.74, 6) is 1.64. The highest BCUT2D eigenvalue weighted by atomic mass is 32.1. The normalized spacial score (nSPS) is 14.3. The van der Waals surface area contributed by atoms with Crippen LogP contribution < -0.4 is 10.6 Å². The van der Waals surface area contributed by atoms with Gasteiger partial charge in [-0.1, -0.05) is 6.92 Å². The third kappa shape index (κ3) is 3.20. The first-order chi connectivity index (χ1) is 12.7. The van der Waals surface area contributed by atoms with E-state index >= 15 is 0 Å². The first-order valence-corrected chi connectivity index (χ1v) is 9.68. The summed E-state index contributed by atoms with van der Waals surface area (Å²) >= 11 is 1.76. The molecule has 1 unspecified atom stereocenters. The van der Waals surface area contributed by atoms with E-state index in [0.717, 1.165) is 58.7 Å². The number of pyridine rings is 1. The number of fused-ring (bicyclic) bond motifs is 1. The van der Waals surface area contributed by atoms with Crippen LogP contribution in [0, 0.1) is 13.8 Å². The Kier molecular flexibility index (Phi) is 4.65. The molecule has 1 aliphatic rings. The van der Waals surface area contributed by atoms with Crippen molar-refractivity contribution in [1.29, 1.82) is 0 Å². The van der Waals surface area contributed by atoms with Crippen molar-refractivity contribution < 1.29 is 0 Å². The molecule has 0 amide bonds. The van der Waals surface area contributed by atoms with Crippen LogP contribution in [-0.4, -0.2) is 19.9 Å². The first-order valence-electron chi connectivity index (χ1n) is 8.87. The summed E-state index contributed by atoms with van der Waals surface area (Å²) in [6.45, 7) is 7.93. The average molecular weight is 366 g/mol. The minimum absolute atomic E-state index is 0.150. The predicted octanol–water partition coefficient (Wildman–Crippen LogP) is 3.78. The summed E-state index contributed by atoms with van der Waals surface area (Å²) in [6.07, 6.45) is 4.49. The molecule has 3 aromatic heterocycles. The molecule has 26 heavy (non-hydrogen) atoms. The molecule has 134 valence electrons. The SMILES string of the molecule is CCC(Nc1nc(-c2ccncc2)nc2c1CNC2)c1nc(C)c(C)s1. The van der Waals surface area contributed by atoms with Crippen molar-refractivity contribution in [3.8, 4) is 11.4 Å². The number of hydrogen-bond acceptors (Lipinski definition) is 7. The smallest absolute Gasteiger partial charge is 0.161 e. The van der Waals surface area contributed by atoms with Crippen molar-refractivity contribution >= 4 is 17.2 Å². The van der Waals surface area contributed by atoms with E-state index in [1.807, 2.05) is 12.1 Å². The molecule has 0 saturated carbocycles. The summed E-state index contributed by atoms with van der Waals surface area (Å²) in [4.78, 5) is 19.7. The highest BCUT2D eigenvalue weighted by Crippen LogP contribution is 2.31. The molecule has 3 aromatic rings. The first kappa shape index (κ1) is 17.1. The molecule has 0 aromatic carbocycles. The molecule has 0 bridgehead atoms. The Morgan fingerprint density at radius 2 is 1.96 bits per heavy atom. The lowest BCUT2D eigenvalue weighted by Crippen LogP contribution is -2.14. The van der Waals surface area contributed by atoms with Crippen LogP contribution in [0.3, 0.4) is 0 Å². The third-order valence-corrected chi connectivity index (χ3v) is 5.87. The molecule has 1 atom stereocenters. The van der Waals surface area contributed by atoms with Crippen molar-refractivity contribution in [3.63, 3.8) is 0 Å². The number of nitrogens with zero attached hydrogens (tertiary/aromatic N) is 4. The van der Waals surface area contributed by atoms with E-state index in [-0.39, 0.29) is 6.04 Å². The lowest BCUT2D eigenvalue weighted by atomic mass is 10.1. The molecule has 1 aliphatic heterocycles. The van der Waals surface area contributed by atoms with E-state index < -0.39 is 0 Å². The van der Waals surface area contributed by atoms with Gasteiger partial charge in [0.25, 0.3) is 0 Å². The fourth-order valence-electron chi connectivity index (χ4n) is 3.07. The quantitative estimate of drug-likeness (QED) is 0.716. The van der Waals surface area contributed by atoms with E-state index in [4.69, 9.17) is 15.0 Å². The van der Waals surface area contributed by atoms with Gasteiger partial charge < -0.3 is 10.6 Å². The van der Waals surface area contributed by atoms with Crippen molar-refractivity contribution in [2.24, 2.45) is 0 Å². The topological polar surface area (TPSA) is 75.6 Å². The van der Waals surface area contributed by atoms with E-state index in [1.54, 1.807) is 23.7 Å². The number of thiazole rings is 1. The van der Waals surface area contributed by atoms with Gasteiger partial charge >= 0.3 is 0 Å². The summed E-state index contributed by atoms with van der Waals surface area (Å²) in [7, 11) is 0. The van der Waals surface area contributed by atoms with Crippen molar-refractivity contribution in [2.75, 3.05) is 5.32 Å². The maximum absolute atomic E-state index is 4.84. The molecule has 4 rings (SSSR count). The van der Waals surface area contributed by atoms with Gasteiger partial charge in [-0.05, 0) is 32.4 Å². The van der Waals surface area contributed by atoms with Crippen LogP contribution in [0.1, 0.15) is 46.2 Å². The Morgan fingerprint density at radius 1 is 1.15 bits per heavy atom. The Balaban J connectivity index is 1.72. The van der Waals surface area contributed by atoms with Crippen LogP contribution in [0.4, 0.5) is 5.82 Å². The van der Waals surface area contributed by atoms with Gasteiger partial charge in [0.1, 0.15) is 10.8 Å². The second-order valence-electron chi connectivity index (χ2n) is 6.46. The van der Waals surface area contributed by atoms with E-state index in [0.29, 0.717) is 0 Å². The van der Waals surface area contributed by atoms with Crippen molar-refractivity contribution in [1.82, 2.24) is 25.3 Å². The molecule has 0 radical (unpaired) electrons. The Labute approximate surface area is 157 Å². The number of aryl methyl sites for hydroxylation is 2. The minimum Gasteiger partial charge on any atom is -0.360 e. The second-order valence-corrected chi connectivity index (χ2v) is 7.69. The zero-order valence-corrected chi connectivity index (χ0v) is 16.0. The molecule has 0 aliphatic carbocycles. The summed E-state index contributed by atoms with van der Waals surface area (Å²) in [5, 5.41) is 8.14. The van der Waals surface area contributed by atoms with Crippen molar-refractivity contribution in [3.05, 3.63) is 51.4 Å². The number of aromatic nitrogens is 4. The maximum atomic E-state index is 4.84. The monoisotopic (exact) mass is 366 g/mol. The van der Waals surface area contributed by atoms with Gasteiger partial charge in [0.15, 0.2) is 5.82 Å². The maximum Gasteiger partial charge on any atom is 0.161 e. The van der Waals surface area contributed by atoms with Crippen LogP contribution in [0.5, 0.6) is 0 Å². The van der Waals surface area contributed by atoms with Gasteiger partial charge in [0, 0.05) is 41.5 Å². The van der Waals surface area contributed by atoms with Gasteiger partial charge in [0.05, 0.1) is 17.4 Å². The van der Waals surface area contributed by atoms with Crippen LogP contribution >= 0.6 is 11.3 Å². The zero-order chi connectivity index (χ0) is 18.1. The Hall–Kier alpha value is -2.38. The number of hydrogen-bond donors (Lipinski definition) is 2. The fourth-order valence-corrected chi connectivity index (χ4v) is 4.13. The number of rotatable bonds is 5. The van der Waals surface area contributed by atoms with E-state index in [1.165, 1.54) is 4.88 Å². The third-order valence-electron chi connectivity index (χ3n) is 4.69. The lowest BCUT2D eigenvalue weighted by molar-refractivity contribution is 0.729. The molecule has 2 N–H and O–H groups in total. The zero-order valence-electron chi connectivity index (χ0n) is 15.2. The summed E-state index contributed by atoms with van der Waals surface area (Å²) in [6, 6.07) is 4.04. The van der Waals surface area contributed by atoms with Gasteiger partial charge in [-0.15, -0.1) is 11.3 Å². The van der Waals surface area contributed by atoms with Crippen LogP contribution in [-0.2, 0) is 13.1 Å². The summed E-state index contributed by atoms with van der Waals surface area (Å²) in [5.41, 5.74) is 4.31. The van der Waals surface area contributed by atoms with Gasteiger partial charge in [-0.3, -0.25) is 4.98 Å². The predicted molar refractivity (Wildman–Crippen MR) is 104 cm³/mol. The standard InChI is InChI=1S/C19H22N6S/c1-4-15(19-22-11(2)12(3)26-19)23-18-14-9-21-10-16(14)24-17(25-18)13-5-7-20-8-6-13/h5-8,15,21H,4,9-10H2,1-3H3,(H,23,24,25). The Morgan fingerprint density at radius 3 is 2.65 bits per heavy atom. The van der Waals surface area contributed by atoms with Crippen molar-refractivity contribution in [2.45, 2.75) is 46.3 Å². The molecule has 0 spiro atoms. The lowest BCUT2D eigenvalue weighted by Gasteiger charge is -2.18. The van der Waals surface area contributed by atoms with Gasteiger partial charge in [0.2, 0.25) is 0 Å².